The Morgan fingerprint density at radius 2 is 1.93 bits per heavy atom. The number of carbonyl (C=O) groups excluding carboxylic acids is 1. The Labute approximate surface area is 173 Å². The zero-order valence-corrected chi connectivity index (χ0v) is 17.5. The van der Waals surface area contributed by atoms with Crippen LogP contribution in [-0.4, -0.2) is 80.5 Å². The van der Waals surface area contributed by atoms with Crippen LogP contribution in [0.1, 0.15) is 15.9 Å². The zero-order chi connectivity index (χ0) is 20.6. The fourth-order valence-corrected chi connectivity index (χ4v) is 3.46. The number of benzene rings is 1. The van der Waals surface area contributed by atoms with Crippen LogP contribution in [0.2, 0.25) is 0 Å². The second-order valence-corrected chi connectivity index (χ2v) is 7.29. The normalized spacial score (nSPS) is 14.7. The van der Waals surface area contributed by atoms with Gasteiger partial charge in [0.15, 0.2) is 5.96 Å². The summed E-state index contributed by atoms with van der Waals surface area (Å²) in [6.07, 6.45) is 2.67. The summed E-state index contributed by atoms with van der Waals surface area (Å²) in [7, 11) is 5.37. The molecular formula is C22H30N6O. The van der Waals surface area contributed by atoms with Crippen molar-refractivity contribution in [1.29, 1.82) is 0 Å². The summed E-state index contributed by atoms with van der Waals surface area (Å²) in [4.78, 5) is 27.2. The van der Waals surface area contributed by atoms with Crippen molar-refractivity contribution in [1.82, 2.24) is 20.1 Å². The molecule has 0 aliphatic carbocycles. The van der Waals surface area contributed by atoms with Crippen molar-refractivity contribution in [2.75, 3.05) is 58.8 Å². The molecule has 1 N–H and O–H groups in total. The average Bonchev–Trinajstić information content (AvgIpc) is 2.77. The van der Waals surface area contributed by atoms with E-state index >= 15 is 0 Å². The summed E-state index contributed by atoms with van der Waals surface area (Å²) < 4.78 is 0. The van der Waals surface area contributed by atoms with Crippen molar-refractivity contribution in [3.05, 3.63) is 59.8 Å². The number of aliphatic imine (C=N–C) groups is 1. The van der Waals surface area contributed by atoms with Crippen molar-refractivity contribution >= 4 is 17.7 Å². The van der Waals surface area contributed by atoms with Gasteiger partial charge in [0, 0.05) is 65.6 Å². The largest absolute Gasteiger partial charge is 0.356 e. The molecule has 29 heavy (non-hydrogen) atoms. The van der Waals surface area contributed by atoms with Gasteiger partial charge in [-0.15, -0.1) is 0 Å². The molecule has 1 aliphatic heterocycles. The van der Waals surface area contributed by atoms with Gasteiger partial charge in [0.25, 0.3) is 5.91 Å². The highest BCUT2D eigenvalue weighted by atomic mass is 16.2. The van der Waals surface area contributed by atoms with E-state index in [1.807, 2.05) is 43.6 Å². The van der Waals surface area contributed by atoms with E-state index in [2.05, 4.69) is 37.2 Å². The van der Waals surface area contributed by atoms with Gasteiger partial charge >= 0.3 is 0 Å². The smallest absolute Gasteiger partial charge is 0.253 e. The summed E-state index contributed by atoms with van der Waals surface area (Å²) in [6.45, 7) is 4.43. The van der Waals surface area contributed by atoms with Gasteiger partial charge in [0.05, 0.1) is 0 Å². The van der Waals surface area contributed by atoms with Gasteiger partial charge in [-0.05, 0) is 36.2 Å². The number of hydrogen-bond acceptors (Lipinski definition) is 4. The first-order valence-corrected chi connectivity index (χ1v) is 10.0. The van der Waals surface area contributed by atoms with Crippen LogP contribution in [0.4, 0.5) is 5.82 Å². The van der Waals surface area contributed by atoms with Gasteiger partial charge in [-0.1, -0.05) is 18.2 Å². The van der Waals surface area contributed by atoms with Gasteiger partial charge in [-0.3, -0.25) is 9.79 Å². The lowest BCUT2D eigenvalue weighted by molar-refractivity contribution is 0.0827. The summed E-state index contributed by atoms with van der Waals surface area (Å²) in [5.74, 6) is 1.98. The number of guanidine groups is 1. The van der Waals surface area contributed by atoms with Crippen LogP contribution in [0.15, 0.2) is 53.7 Å². The molecule has 0 spiro atoms. The number of pyridine rings is 1. The summed E-state index contributed by atoms with van der Waals surface area (Å²) in [5.41, 5.74) is 1.86. The van der Waals surface area contributed by atoms with E-state index in [1.54, 1.807) is 19.0 Å². The maximum absolute atomic E-state index is 12.1. The molecule has 3 rings (SSSR count). The van der Waals surface area contributed by atoms with Crippen molar-refractivity contribution in [2.24, 2.45) is 4.99 Å². The minimum atomic E-state index is 0.0291. The Morgan fingerprint density at radius 3 is 2.59 bits per heavy atom. The molecule has 0 radical (unpaired) electrons. The van der Waals surface area contributed by atoms with Gasteiger partial charge in [-0.25, -0.2) is 4.98 Å². The van der Waals surface area contributed by atoms with Gasteiger partial charge in [-0.2, -0.15) is 0 Å². The molecule has 1 saturated heterocycles. The first kappa shape index (κ1) is 20.6. The Kier molecular flexibility index (Phi) is 7.05. The van der Waals surface area contributed by atoms with Crippen molar-refractivity contribution < 1.29 is 4.79 Å². The predicted molar refractivity (Wildman–Crippen MR) is 118 cm³/mol. The Bertz CT molecular complexity index is 828. The molecule has 2 heterocycles. The van der Waals surface area contributed by atoms with Crippen LogP contribution in [0.3, 0.4) is 0 Å². The number of nitrogens with zero attached hydrogens (tertiary/aromatic N) is 5. The van der Waals surface area contributed by atoms with Crippen LogP contribution in [0.25, 0.3) is 0 Å². The Morgan fingerprint density at radius 1 is 1.14 bits per heavy atom. The third kappa shape index (κ3) is 5.47. The SMILES string of the molecule is CN=C(NCCc1cccc(C(=O)N(C)C)c1)N1CCN(c2ccccn2)CC1. The molecule has 1 aromatic heterocycles. The standard InChI is InChI=1S/C22H30N6O/c1-23-22(28-15-13-27(14-16-28)20-9-4-5-11-24-20)25-12-10-18-7-6-8-19(17-18)21(29)26(2)3/h4-9,11,17H,10,12-16H2,1-3H3,(H,23,25). The van der Waals surface area contributed by atoms with Crippen molar-refractivity contribution in [2.45, 2.75) is 6.42 Å². The molecule has 7 nitrogen and oxygen atoms in total. The predicted octanol–water partition coefficient (Wildman–Crippen LogP) is 1.72. The highest BCUT2D eigenvalue weighted by molar-refractivity contribution is 5.94. The minimum Gasteiger partial charge on any atom is -0.356 e. The number of piperazine rings is 1. The summed E-state index contributed by atoms with van der Waals surface area (Å²) >= 11 is 0. The second-order valence-electron chi connectivity index (χ2n) is 7.29. The van der Waals surface area contributed by atoms with Gasteiger partial charge in [0.2, 0.25) is 0 Å². The van der Waals surface area contributed by atoms with E-state index in [0.717, 1.165) is 62.0 Å². The van der Waals surface area contributed by atoms with E-state index in [9.17, 15) is 4.79 Å². The molecule has 154 valence electrons. The molecule has 1 aromatic carbocycles. The highest BCUT2D eigenvalue weighted by Gasteiger charge is 2.20. The number of carbonyl (C=O) groups is 1. The lowest BCUT2D eigenvalue weighted by atomic mass is 10.1. The third-order valence-corrected chi connectivity index (χ3v) is 5.04. The Balaban J connectivity index is 1.49. The maximum Gasteiger partial charge on any atom is 0.253 e. The van der Waals surface area contributed by atoms with Crippen LogP contribution in [0, 0.1) is 0 Å². The number of nitrogens with one attached hydrogen (secondary N) is 1. The molecule has 7 heteroatoms. The van der Waals surface area contributed by atoms with Crippen LogP contribution >= 0.6 is 0 Å². The molecule has 0 saturated carbocycles. The number of anilines is 1. The number of rotatable bonds is 5. The van der Waals surface area contributed by atoms with E-state index in [1.165, 1.54) is 0 Å². The molecule has 0 bridgehead atoms. The van der Waals surface area contributed by atoms with E-state index in [4.69, 9.17) is 0 Å². The van der Waals surface area contributed by atoms with Crippen LogP contribution in [0.5, 0.6) is 0 Å². The second kappa shape index (κ2) is 9.91. The van der Waals surface area contributed by atoms with Crippen molar-refractivity contribution in [3.8, 4) is 0 Å². The third-order valence-electron chi connectivity index (χ3n) is 5.04. The maximum atomic E-state index is 12.1. The zero-order valence-electron chi connectivity index (χ0n) is 17.5. The van der Waals surface area contributed by atoms with E-state index < -0.39 is 0 Å². The minimum absolute atomic E-state index is 0.0291. The lowest BCUT2D eigenvalue weighted by Gasteiger charge is -2.37. The van der Waals surface area contributed by atoms with Crippen molar-refractivity contribution in [3.63, 3.8) is 0 Å². The summed E-state index contributed by atoms with van der Waals surface area (Å²) in [6, 6.07) is 13.9. The average molecular weight is 395 g/mol. The van der Waals surface area contributed by atoms with Gasteiger partial charge < -0.3 is 20.0 Å². The van der Waals surface area contributed by atoms with Gasteiger partial charge in [0.1, 0.15) is 5.82 Å². The molecule has 0 unspecified atom stereocenters. The number of aromatic nitrogens is 1. The first-order chi connectivity index (χ1) is 14.1. The first-order valence-electron chi connectivity index (χ1n) is 10.0. The molecular weight excluding hydrogens is 364 g/mol. The number of hydrogen-bond donors (Lipinski definition) is 1. The quantitative estimate of drug-likeness (QED) is 0.618. The molecule has 1 aliphatic rings. The van der Waals surface area contributed by atoms with E-state index in [-0.39, 0.29) is 5.91 Å². The monoisotopic (exact) mass is 394 g/mol. The fourth-order valence-electron chi connectivity index (χ4n) is 3.46. The molecule has 1 amide bonds. The Hall–Kier alpha value is -3.09. The lowest BCUT2D eigenvalue weighted by Crippen LogP contribution is -2.53. The topological polar surface area (TPSA) is 64.1 Å². The van der Waals surface area contributed by atoms with Crippen LogP contribution < -0.4 is 10.2 Å². The fraction of sp³-hybridized carbons (Fsp3) is 0.409. The molecule has 0 atom stereocenters. The highest BCUT2D eigenvalue weighted by Crippen LogP contribution is 2.12. The number of amides is 1. The summed E-state index contributed by atoms with van der Waals surface area (Å²) in [5, 5.41) is 3.46. The molecule has 2 aromatic rings. The molecule has 1 fully saturated rings. The van der Waals surface area contributed by atoms with Crippen LogP contribution in [-0.2, 0) is 6.42 Å². The van der Waals surface area contributed by atoms with E-state index in [0.29, 0.717) is 0 Å².